The molecule has 11 nitrogen and oxygen atoms in total. The predicted octanol–water partition coefficient (Wildman–Crippen LogP) is 1.44. The summed E-state index contributed by atoms with van der Waals surface area (Å²) < 4.78 is 8.82. The quantitative estimate of drug-likeness (QED) is 0.306. The van der Waals surface area contributed by atoms with E-state index in [1.807, 2.05) is 31.3 Å². The molecule has 3 aromatic heterocycles. The molecule has 1 fully saturated rings. The van der Waals surface area contributed by atoms with Crippen molar-refractivity contribution in [3.05, 3.63) is 58.2 Å². The fourth-order valence-electron chi connectivity index (χ4n) is 4.19. The van der Waals surface area contributed by atoms with Crippen LogP contribution in [0.25, 0.3) is 16.2 Å². The summed E-state index contributed by atoms with van der Waals surface area (Å²) in [5, 5.41) is 11.4. The fourth-order valence-corrected chi connectivity index (χ4v) is 4.99. The van der Waals surface area contributed by atoms with Crippen LogP contribution < -0.4 is 31.3 Å². The van der Waals surface area contributed by atoms with E-state index in [1.54, 1.807) is 29.4 Å². The van der Waals surface area contributed by atoms with Gasteiger partial charge in [0.05, 0.1) is 28.6 Å². The molecule has 1 saturated heterocycles. The van der Waals surface area contributed by atoms with E-state index in [9.17, 15) is 9.59 Å². The zero-order valence-electron chi connectivity index (χ0n) is 20.2. The van der Waals surface area contributed by atoms with Crippen LogP contribution in [-0.4, -0.2) is 71.4 Å². The Kier molecular flexibility index (Phi) is 6.98. The second-order valence-corrected chi connectivity index (χ2v) is 9.22. The molecular weight excluding hydrogens is 480 g/mol. The molecule has 4 heterocycles. The number of nitrogens with one attached hydrogen (secondary N) is 3. The van der Waals surface area contributed by atoms with E-state index in [0.717, 1.165) is 43.9 Å². The van der Waals surface area contributed by atoms with Gasteiger partial charge in [-0.3, -0.25) is 14.3 Å². The zero-order valence-corrected chi connectivity index (χ0v) is 21.0. The molecule has 0 unspecified atom stereocenters. The predicted molar refractivity (Wildman–Crippen MR) is 141 cm³/mol. The molecule has 36 heavy (non-hydrogen) atoms. The first-order chi connectivity index (χ1) is 17.6. The monoisotopic (exact) mass is 508 g/mol. The van der Waals surface area contributed by atoms with Crippen molar-refractivity contribution in [3.63, 3.8) is 0 Å². The summed E-state index contributed by atoms with van der Waals surface area (Å²) in [5.74, 6) is 0.330. The number of pyridine rings is 1. The molecule has 188 valence electrons. The van der Waals surface area contributed by atoms with Gasteiger partial charge in [-0.05, 0) is 25.2 Å². The maximum Gasteiger partial charge on any atom is 0.335 e. The highest BCUT2D eigenvalue weighted by atomic mass is 32.1. The summed E-state index contributed by atoms with van der Waals surface area (Å²) in [6.45, 7) is 4.70. The zero-order chi connectivity index (χ0) is 25.1. The molecule has 1 amide bonds. The number of aromatic nitrogens is 4. The van der Waals surface area contributed by atoms with E-state index >= 15 is 0 Å². The number of rotatable bonds is 8. The van der Waals surface area contributed by atoms with Gasteiger partial charge < -0.3 is 25.6 Å². The van der Waals surface area contributed by atoms with Crippen LogP contribution in [0.1, 0.15) is 10.5 Å². The van der Waals surface area contributed by atoms with Crippen molar-refractivity contribution in [2.75, 3.05) is 56.6 Å². The van der Waals surface area contributed by atoms with E-state index < -0.39 is 0 Å². The molecule has 0 bridgehead atoms. The van der Waals surface area contributed by atoms with Crippen LogP contribution in [0.2, 0.25) is 0 Å². The lowest BCUT2D eigenvalue weighted by Crippen LogP contribution is -2.43. The Morgan fingerprint density at radius 2 is 2.06 bits per heavy atom. The Labute approximate surface area is 211 Å². The fraction of sp³-hybridized carbons (Fsp3) is 0.333. The molecule has 12 heteroatoms. The van der Waals surface area contributed by atoms with Gasteiger partial charge in [0, 0.05) is 57.4 Å². The van der Waals surface area contributed by atoms with Gasteiger partial charge in [0.15, 0.2) is 5.13 Å². The smallest absolute Gasteiger partial charge is 0.335 e. The van der Waals surface area contributed by atoms with Crippen LogP contribution in [0.3, 0.4) is 0 Å². The van der Waals surface area contributed by atoms with Crippen LogP contribution in [0.15, 0.2) is 46.8 Å². The lowest BCUT2D eigenvalue weighted by atomic mass is 10.2. The van der Waals surface area contributed by atoms with Crippen molar-refractivity contribution in [2.45, 2.75) is 0 Å². The number of likely N-dealkylation sites (N-methyl/N-ethyl adjacent to an activating group) is 1. The molecule has 1 aromatic carbocycles. The van der Waals surface area contributed by atoms with E-state index in [1.165, 1.54) is 15.9 Å². The Morgan fingerprint density at radius 1 is 1.22 bits per heavy atom. The number of nitrogens with zero attached hydrogens (tertiary/aromatic N) is 5. The van der Waals surface area contributed by atoms with Crippen molar-refractivity contribution in [3.8, 4) is 10.9 Å². The number of aryl methyl sites for hydroxylation is 1. The van der Waals surface area contributed by atoms with Crippen LogP contribution in [0.4, 0.5) is 11.4 Å². The lowest BCUT2D eigenvalue weighted by molar-refractivity contribution is 0.102. The first kappa shape index (κ1) is 24.0. The second-order valence-electron chi connectivity index (χ2n) is 8.38. The molecule has 1 aliphatic heterocycles. The minimum Gasteiger partial charge on any atom is -0.492 e. The molecule has 4 aromatic rings. The standard InChI is InChI=1S/C24H28N8O3S/c1-25-9-12-35-16-3-4-20-21(13-16)30(2)24(34)32(20)23-29-18(15-36-23)22(33)28-17-14-27-6-5-19(17)31-10-7-26-8-11-31/h3-6,13-15,25-26H,7-12H2,1-2H3,(H,28,33). The van der Waals surface area contributed by atoms with Crippen molar-refractivity contribution in [2.24, 2.45) is 7.05 Å². The Bertz CT molecular complexity index is 1440. The molecule has 5 rings (SSSR count). The van der Waals surface area contributed by atoms with E-state index in [0.29, 0.717) is 28.7 Å². The summed E-state index contributed by atoms with van der Waals surface area (Å²) in [5.41, 5.74) is 2.96. The Balaban J connectivity index is 1.40. The molecular formula is C24H28N8O3S. The number of hydrogen-bond acceptors (Lipinski definition) is 9. The number of hydrogen-bond donors (Lipinski definition) is 3. The SMILES string of the molecule is CNCCOc1ccc2c(c1)n(C)c(=O)n2-c1nc(C(=O)Nc2cnccc2N2CCNCC2)cs1. The first-order valence-electron chi connectivity index (χ1n) is 11.7. The molecule has 0 atom stereocenters. The van der Waals surface area contributed by atoms with Gasteiger partial charge in [0.1, 0.15) is 18.1 Å². The topological polar surface area (TPSA) is 118 Å². The molecule has 1 aliphatic rings. The minimum atomic E-state index is -0.351. The number of carbonyl (C=O) groups is 1. The summed E-state index contributed by atoms with van der Waals surface area (Å²) in [7, 11) is 3.57. The molecule has 0 saturated carbocycles. The highest BCUT2D eigenvalue weighted by Gasteiger charge is 2.20. The van der Waals surface area contributed by atoms with Crippen LogP contribution in [-0.2, 0) is 7.05 Å². The van der Waals surface area contributed by atoms with Gasteiger partial charge in [0.25, 0.3) is 5.91 Å². The van der Waals surface area contributed by atoms with Crippen molar-refractivity contribution < 1.29 is 9.53 Å². The van der Waals surface area contributed by atoms with Crippen molar-refractivity contribution in [1.82, 2.24) is 29.7 Å². The van der Waals surface area contributed by atoms with Crippen LogP contribution in [0.5, 0.6) is 5.75 Å². The average molecular weight is 509 g/mol. The minimum absolute atomic E-state index is 0.237. The van der Waals surface area contributed by atoms with Crippen LogP contribution in [0, 0.1) is 0 Å². The third-order valence-corrected chi connectivity index (χ3v) is 6.89. The number of anilines is 2. The van der Waals surface area contributed by atoms with Crippen LogP contribution >= 0.6 is 11.3 Å². The average Bonchev–Trinajstić information content (AvgIpc) is 3.48. The molecule has 0 spiro atoms. The number of thiazole rings is 1. The number of amides is 1. The highest BCUT2D eigenvalue weighted by molar-refractivity contribution is 7.12. The maximum absolute atomic E-state index is 13.1. The van der Waals surface area contributed by atoms with Gasteiger partial charge >= 0.3 is 5.69 Å². The third kappa shape index (κ3) is 4.70. The van der Waals surface area contributed by atoms with Crippen molar-refractivity contribution in [1.29, 1.82) is 0 Å². The van der Waals surface area contributed by atoms with E-state index in [2.05, 4.69) is 30.8 Å². The van der Waals surface area contributed by atoms with E-state index in [-0.39, 0.29) is 17.3 Å². The van der Waals surface area contributed by atoms with Gasteiger partial charge in [0.2, 0.25) is 0 Å². The van der Waals surface area contributed by atoms with Gasteiger partial charge in [-0.15, -0.1) is 11.3 Å². The van der Waals surface area contributed by atoms with Crippen molar-refractivity contribution >= 4 is 39.7 Å². The summed E-state index contributed by atoms with van der Waals surface area (Å²) in [6.07, 6.45) is 3.37. The number of benzene rings is 1. The number of ether oxygens (including phenoxy) is 1. The van der Waals surface area contributed by atoms with Gasteiger partial charge in [-0.1, -0.05) is 0 Å². The maximum atomic E-state index is 13.1. The Hall–Kier alpha value is -3.74. The summed E-state index contributed by atoms with van der Waals surface area (Å²) >= 11 is 1.24. The Morgan fingerprint density at radius 3 is 2.86 bits per heavy atom. The molecule has 3 N–H and O–H groups in total. The summed E-state index contributed by atoms with van der Waals surface area (Å²) in [6, 6.07) is 7.40. The van der Waals surface area contributed by atoms with E-state index in [4.69, 9.17) is 4.74 Å². The number of imidazole rings is 1. The first-order valence-corrected chi connectivity index (χ1v) is 12.6. The normalized spacial score (nSPS) is 13.8. The number of fused-ring (bicyclic) bond motifs is 1. The number of piperazine rings is 1. The van der Waals surface area contributed by atoms with Gasteiger partial charge in [-0.25, -0.2) is 14.3 Å². The number of carbonyl (C=O) groups excluding carboxylic acids is 1. The molecule has 0 aliphatic carbocycles. The van der Waals surface area contributed by atoms with Gasteiger partial charge in [-0.2, -0.15) is 0 Å². The molecule has 0 radical (unpaired) electrons. The lowest BCUT2D eigenvalue weighted by Gasteiger charge is -2.30. The summed E-state index contributed by atoms with van der Waals surface area (Å²) in [4.78, 5) is 37.0. The third-order valence-electron chi connectivity index (χ3n) is 6.07. The highest BCUT2D eigenvalue weighted by Crippen LogP contribution is 2.27. The largest absolute Gasteiger partial charge is 0.492 e. The second kappa shape index (κ2) is 10.5.